The normalized spacial score (nSPS) is 24.2. The van der Waals surface area contributed by atoms with Gasteiger partial charge in [0.2, 0.25) is 0 Å². The van der Waals surface area contributed by atoms with Gasteiger partial charge in [-0.3, -0.25) is 9.36 Å². The van der Waals surface area contributed by atoms with Gasteiger partial charge in [-0.05, 0) is 9.99 Å². The highest BCUT2D eigenvalue weighted by atomic mass is 127. The topological polar surface area (TPSA) is 71.7 Å². The van der Waals surface area contributed by atoms with E-state index in [4.69, 9.17) is 4.74 Å². The second-order valence-electron chi connectivity index (χ2n) is 5.14. The number of fused-ring (bicyclic) bond motifs is 1. The third-order valence-electron chi connectivity index (χ3n) is 3.83. The molecule has 5 nitrogen and oxygen atoms in total. The Bertz CT molecular complexity index is 820. The van der Waals surface area contributed by atoms with Gasteiger partial charge in [0.1, 0.15) is 12.3 Å². The van der Waals surface area contributed by atoms with Crippen molar-refractivity contribution in [2.75, 3.05) is 6.61 Å². The third-order valence-corrected chi connectivity index (χ3v) is 4.10. The number of halogens is 1. The van der Waals surface area contributed by atoms with Crippen molar-refractivity contribution in [2.24, 2.45) is 0 Å². The van der Waals surface area contributed by atoms with Crippen LogP contribution in [0.3, 0.4) is 0 Å². The second-order valence-corrected chi connectivity index (χ2v) is 5.67. The van der Waals surface area contributed by atoms with Crippen molar-refractivity contribution in [3.05, 3.63) is 46.4 Å². The van der Waals surface area contributed by atoms with Crippen molar-refractivity contribution in [1.82, 2.24) is 4.57 Å². The third kappa shape index (κ3) is 2.65. The summed E-state index contributed by atoms with van der Waals surface area (Å²) in [5, 5.41) is 20.4. The number of aliphatic hydroxyl groups excluding tert-OH is 2. The van der Waals surface area contributed by atoms with Crippen molar-refractivity contribution < 1.29 is 14.9 Å². The number of rotatable bonds is 2. The molecule has 1 fully saturated rings. The zero-order valence-electron chi connectivity index (χ0n) is 11.6. The van der Waals surface area contributed by atoms with E-state index in [1.165, 1.54) is 4.57 Å². The number of aromatic nitrogens is 1. The maximum Gasteiger partial charge on any atom is 0.260 e. The van der Waals surface area contributed by atoms with E-state index in [2.05, 4.69) is 9.85 Å². The van der Waals surface area contributed by atoms with Crippen LogP contribution in [0.4, 0.5) is 0 Å². The molecule has 2 aromatic rings. The maximum absolute atomic E-state index is 12.7. The van der Waals surface area contributed by atoms with Gasteiger partial charge in [0.05, 0.1) is 12.7 Å². The molecule has 0 amide bonds. The molecular weight excluding hydrogens is 397 g/mol. The molecule has 2 heterocycles. The van der Waals surface area contributed by atoms with Gasteiger partial charge < -0.3 is 14.9 Å². The van der Waals surface area contributed by atoms with Crippen LogP contribution in [0.15, 0.2) is 35.3 Å². The van der Waals surface area contributed by atoms with E-state index < -0.39 is 18.4 Å². The van der Waals surface area contributed by atoms with Gasteiger partial charge in [0.25, 0.3) is 5.56 Å². The molecular formula is C16H14INO4. The van der Waals surface area contributed by atoms with Crippen molar-refractivity contribution >= 4 is 33.4 Å². The molecule has 114 valence electrons. The van der Waals surface area contributed by atoms with E-state index in [9.17, 15) is 15.0 Å². The summed E-state index contributed by atoms with van der Waals surface area (Å²) in [6.07, 6.45) is -0.123. The van der Waals surface area contributed by atoms with Crippen LogP contribution < -0.4 is 5.56 Å². The fourth-order valence-corrected chi connectivity index (χ4v) is 3.02. The first-order valence-corrected chi connectivity index (χ1v) is 7.93. The summed E-state index contributed by atoms with van der Waals surface area (Å²) < 4.78 is 9.86. The van der Waals surface area contributed by atoms with Crippen molar-refractivity contribution in [3.8, 4) is 9.85 Å². The van der Waals surface area contributed by atoms with Crippen LogP contribution in [0.1, 0.15) is 18.2 Å². The lowest BCUT2D eigenvalue weighted by Gasteiger charge is -2.16. The molecule has 0 unspecified atom stereocenters. The highest BCUT2D eigenvalue weighted by Gasteiger charge is 2.35. The number of hydrogen-bond donors (Lipinski definition) is 2. The molecule has 1 aliphatic rings. The Labute approximate surface area is 140 Å². The predicted molar refractivity (Wildman–Crippen MR) is 90.7 cm³/mol. The second kappa shape index (κ2) is 6.38. The predicted octanol–water partition coefficient (Wildman–Crippen LogP) is 1.39. The number of ether oxygens (including phenoxy) is 1. The van der Waals surface area contributed by atoms with Gasteiger partial charge in [0.15, 0.2) is 0 Å². The Morgan fingerprint density at radius 2 is 2.09 bits per heavy atom. The minimum Gasteiger partial charge on any atom is -0.394 e. The SMILES string of the molecule is O=c1c2ccccc2c(C#CI)cn1[C@H]1C[C@H](O)[C@@H](CO)O1. The lowest BCUT2D eigenvalue weighted by atomic mass is 10.1. The van der Waals surface area contributed by atoms with Crippen LogP contribution in [0.2, 0.25) is 0 Å². The first kappa shape index (κ1) is 15.5. The summed E-state index contributed by atoms with van der Waals surface area (Å²) in [6.45, 7) is -0.277. The maximum atomic E-state index is 12.7. The molecule has 0 bridgehead atoms. The molecule has 2 N–H and O–H groups in total. The first-order chi connectivity index (χ1) is 10.7. The Balaban J connectivity index is 2.16. The van der Waals surface area contributed by atoms with Crippen molar-refractivity contribution in [2.45, 2.75) is 24.9 Å². The summed E-state index contributed by atoms with van der Waals surface area (Å²) >= 11 is 1.95. The quantitative estimate of drug-likeness (QED) is 0.579. The summed E-state index contributed by atoms with van der Waals surface area (Å²) in [6, 6.07) is 7.28. The monoisotopic (exact) mass is 411 g/mol. The van der Waals surface area contributed by atoms with Crippen molar-refractivity contribution in [1.29, 1.82) is 0 Å². The standard InChI is InChI=1S/C16H14INO4/c17-6-5-10-8-18(15-7-13(20)14(9-19)22-15)16(21)12-4-2-1-3-11(10)12/h1-4,8,13-15,19-20H,7,9H2/t13-,14+,15+/m0/s1. The molecule has 1 aliphatic heterocycles. The van der Waals surface area contributed by atoms with Gasteiger partial charge in [-0.15, -0.1) is 0 Å². The highest BCUT2D eigenvalue weighted by molar-refractivity contribution is 14.1. The summed E-state index contributed by atoms with van der Waals surface area (Å²) in [5.74, 6) is 2.99. The molecule has 3 atom stereocenters. The number of nitrogens with zero attached hydrogens (tertiary/aromatic N) is 1. The van der Waals surface area contributed by atoms with E-state index >= 15 is 0 Å². The van der Waals surface area contributed by atoms with Gasteiger partial charge in [0, 0.05) is 51.5 Å². The largest absolute Gasteiger partial charge is 0.394 e. The summed E-state index contributed by atoms with van der Waals surface area (Å²) in [7, 11) is 0. The molecule has 0 spiro atoms. The fourth-order valence-electron chi connectivity index (χ4n) is 2.73. The van der Waals surface area contributed by atoms with Gasteiger partial charge >= 0.3 is 0 Å². The van der Waals surface area contributed by atoms with Crippen LogP contribution >= 0.6 is 22.6 Å². The lowest BCUT2D eigenvalue weighted by Crippen LogP contribution is -2.26. The number of hydrogen-bond acceptors (Lipinski definition) is 4. The number of benzene rings is 1. The van der Waals surface area contributed by atoms with Gasteiger partial charge in [-0.1, -0.05) is 24.1 Å². The molecule has 3 rings (SSSR count). The molecule has 1 saturated heterocycles. The van der Waals surface area contributed by atoms with E-state index in [0.29, 0.717) is 5.39 Å². The Hall–Kier alpha value is -1.40. The van der Waals surface area contributed by atoms with Crippen LogP contribution in [0.5, 0.6) is 0 Å². The Morgan fingerprint density at radius 1 is 1.36 bits per heavy atom. The molecule has 0 radical (unpaired) electrons. The molecule has 6 heteroatoms. The zero-order valence-corrected chi connectivity index (χ0v) is 13.7. The van der Waals surface area contributed by atoms with E-state index in [-0.39, 0.29) is 18.6 Å². The van der Waals surface area contributed by atoms with Gasteiger partial charge in [-0.2, -0.15) is 0 Å². The summed E-state index contributed by atoms with van der Waals surface area (Å²) in [4.78, 5) is 12.7. The van der Waals surface area contributed by atoms with Crippen LogP contribution in [0, 0.1) is 9.85 Å². The minimum absolute atomic E-state index is 0.189. The first-order valence-electron chi connectivity index (χ1n) is 6.85. The van der Waals surface area contributed by atoms with E-state index in [0.717, 1.165) is 10.9 Å². The smallest absolute Gasteiger partial charge is 0.260 e. The summed E-state index contributed by atoms with van der Waals surface area (Å²) in [5.41, 5.74) is 0.542. The Morgan fingerprint density at radius 3 is 2.73 bits per heavy atom. The van der Waals surface area contributed by atoms with E-state index in [1.807, 2.05) is 34.7 Å². The number of aliphatic hydroxyl groups is 2. The molecule has 0 aliphatic carbocycles. The fraction of sp³-hybridized carbons (Fsp3) is 0.312. The molecule has 22 heavy (non-hydrogen) atoms. The van der Waals surface area contributed by atoms with Crippen LogP contribution in [0.25, 0.3) is 10.8 Å². The van der Waals surface area contributed by atoms with Crippen LogP contribution in [-0.2, 0) is 4.74 Å². The molecule has 1 aromatic heterocycles. The van der Waals surface area contributed by atoms with Crippen molar-refractivity contribution in [3.63, 3.8) is 0 Å². The van der Waals surface area contributed by atoms with E-state index in [1.54, 1.807) is 18.3 Å². The van der Waals surface area contributed by atoms with Gasteiger partial charge in [-0.25, -0.2) is 0 Å². The van der Waals surface area contributed by atoms with Crippen LogP contribution in [-0.4, -0.2) is 33.6 Å². The average molecular weight is 411 g/mol. The lowest BCUT2D eigenvalue weighted by molar-refractivity contribution is -0.0453. The minimum atomic E-state index is -0.785. The Kier molecular flexibility index (Phi) is 4.49. The molecule has 1 aromatic carbocycles. The number of pyridine rings is 1. The average Bonchev–Trinajstić information content (AvgIpc) is 2.91. The zero-order chi connectivity index (χ0) is 15.7. The highest BCUT2D eigenvalue weighted by Crippen LogP contribution is 2.28. The molecule has 0 saturated carbocycles.